The van der Waals surface area contributed by atoms with Gasteiger partial charge in [0.25, 0.3) is 0 Å². The molecular weight excluding hydrogens is 246 g/mol. The molecule has 2 rings (SSSR count). The van der Waals surface area contributed by atoms with Crippen LogP contribution in [-0.4, -0.2) is 25.8 Å². The maximum absolute atomic E-state index is 13.7. The molecule has 18 heavy (non-hydrogen) atoms. The lowest BCUT2D eigenvalue weighted by Crippen LogP contribution is -2.28. The summed E-state index contributed by atoms with van der Waals surface area (Å²) in [5.41, 5.74) is -0.467. The third-order valence-corrected chi connectivity index (χ3v) is 2.44. The first-order valence-electron chi connectivity index (χ1n) is 5.51. The van der Waals surface area contributed by atoms with Crippen LogP contribution in [-0.2, 0) is 15.5 Å². The fourth-order valence-corrected chi connectivity index (χ4v) is 1.58. The zero-order chi connectivity index (χ0) is 13.2. The van der Waals surface area contributed by atoms with E-state index in [9.17, 15) is 13.6 Å². The van der Waals surface area contributed by atoms with Gasteiger partial charge >= 0.3 is 11.9 Å². The molecule has 1 aliphatic heterocycles. The number of hydrogen-bond acceptors (Lipinski definition) is 4. The summed E-state index contributed by atoms with van der Waals surface area (Å²) in [7, 11) is 0. The second-order valence-corrected chi connectivity index (χ2v) is 3.65. The third kappa shape index (κ3) is 2.23. The highest BCUT2D eigenvalue weighted by atomic mass is 19.3. The van der Waals surface area contributed by atoms with E-state index in [1.807, 2.05) is 0 Å². The van der Waals surface area contributed by atoms with E-state index in [-0.39, 0.29) is 12.4 Å². The van der Waals surface area contributed by atoms with Gasteiger partial charge in [-0.1, -0.05) is 0 Å². The minimum atomic E-state index is -3.69. The van der Waals surface area contributed by atoms with Gasteiger partial charge in [0.2, 0.25) is 0 Å². The van der Waals surface area contributed by atoms with Crippen LogP contribution in [0.4, 0.5) is 8.78 Å². The fourth-order valence-electron chi connectivity index (χ4n) is 1.58. The van der Waals surface area contributed by atoms with Gasteiger partial charge in [0, 0.05) is 5.56 Å². The molecule has 0 N–H and O–H groups in total. The molecule has 1 aliphatic rings. The molecule has 0 atom stereocenters. The van der Waals surface area contributed by atoms with E-state index in [2.05, 4.69) is 4.74 Å². The molecule has 0 bridgehead atoms. The van der Waals surface area contributed by atoms with Crippen LogP contribution in [0.2, 0.25) is 0 Å². The van der Waals surface area contributed by atoms with Gasteiger partial charge in [-0.3, -0.25) is 0 Å². The van der Waals surface area contributed by atoms with Gasteiger partial charge in [-0.15, -0.1) is 0 Å². The number of carbonyl (C=O) groups is 1. The van der Waals surface area contributed by atoms with E-state index in [1.165, 1.54) is 13.0 Å². The Morgan fingerprint density at radius 1 is 1.33 bits per heavy atom. The van der Waals surface area contributed by atoms with Gasteiger partial charge in [-0.25, -0.2) is 4.79 Å². The second-order valence-electron chi connectivity index (χ2n) is 3.65. The number of hydrogen-bond donors (Lipinski definition) is 0. The van der Waals surface area contributed by atoms with E-state index in [4.69, 9.17) is 9.47 Å². The van der Waals surface area contributed by atoms with Crippen LogP contribution in [0.25, 0.3) is 0 Å². The molecule has 0 radical (unpaired) electrons. The molecule has 6 heteroatoms. The van der Waals surface area contributed by atoms with E-state index in [1.54, 1.807) is 0 Å². The molecule has 4 nitrogen and oxygen atoms in total. The minimum absolute atomic E-state index is 0.0982. The van der Waals surface area contributed by atoms with Gasteiger partial charge in [0.05, 0.1) is 6.61 Å². The number of halogens is 2. The van der Waals surface area contributed by atoms with Crippen molar-refractivity contribution < 1.29 is 27.8 Å². The number of benzene rings is 1. The monoisotopic (exact) mass is 258 g/mol. The average molecular weight is 258 g/mol. The molecule has 1 heterocycles. The number of rotatable bonds is 3. The summed E-state index contributed by atoms with van der Waals surface area (Å²) in [6, 6.07) is 3.59. The molecule has 98 valence electrons. The lowest BCUT2D eigenvalue weighted by atomic mass is 10.1. The molecule has 0 saturated carbocycles. The summed E-state index contributed by atoms with van der Waals surface area (Å²) in [4.78, 5) is 11.2. The predicted molar refractivity (Wildman–Crippen MR) is 58.0 cm³/mol. The first kappa shape index (κ1) is 12.6. The summed E-state index contributed by atoms with van der Waals surface area (Å²) < 4.78 is 42.2. The van der Waals surface area contributed by atoms with Crippen LogP contribution >= 0.6 is 0 Å². The van der Waals surface area contributed by atoms with Crippen LogP contribution in [0, 0.1) is 0 Å². The number of ether oxygens (including phenoxy) is 3. The molecule has 0 spiro atoms. The standard InChI is InChI=1S/C12H12F2O4/c1-2-16-11(15)12(13,14)8-3-4-9-10(7-8)18-6-5-17-9/h3-4,7H,2,5-6H2,1H3. The van der Waals surface area contributed by atoms with Gasteiger partial charge in [-0.2, -0.15) is 8.78 Å². The van der Waals surface area contributed by atoms with Crippen molar-refractivity contribution in [2.75, 3.05) is 19.8 Å². The Balaban J connectivity index is 2.30. The van der Waals surface area contributed by atoms with Crippen molar-refractivity contribution >= 4 is 5.97 Å². The molecule has 0 aromatic heterocycles. The highest BCUT2D eigenvalue weighted by molar-refractivity contribution is 5.79. The molecule has 0 amide bonds. The summed E-state index contributed by atoms with van der Waals surface area (Å²) in [6.45, 7) is 2.04. The van der Waals surface area contributed by atoms with E-state index < -0.39 is 17.5 Å². The largest absolute Gasteiger partial charge is 0.486 e. The first-order valence-corrected chi connectivity index (χ1v) is 5.51. The molecule has 0 fully saturated rings. The van der Waals surface area contributed by atoms with Gasteiger partial charge < -0.3 is 14.2 Å². The van der Waals surface area contributed by atoms with Crippen molar-refractivity contribution in [3.05, 3.63) is 23.8 Å². The first-order chi connectivity index (χ1) is 8.55. The highest BCUT2D eigenvalue weighted by Gasteiger charge is 2.43. The summed E-state index contributed by atoms with van der Waals surface area (Å²) in [6.07, 6.45) is 0. The Kier molecular flexibility index (Phi) is 3.36. The smallest absolute Gasteiger partial charge is 0.381 e. The second kappa shape index (κ2) is 4.80. The molecule has 1 aromatic carbocycles. The van der Waals surface area contributed by atoms with Crippen LogP contribution in [0.15, 0.2) is 18.2 Å². The summed E-state index contributed by atoms with van der Waals surface area (Å²) in [5, 5.41) is 0. The number of carbonyl (C=O) groups excluding carboxylic acids is 1. The van der Waals surface area contributed by atoms with Crippen molar-refractivity contribution in [2.24, 2.45) is 0 Å². The Hall–Kier alpha value is -1.85. The molecule has 1 aromatic rings. The van der Waals surface area contributed by atoms with Crippen molar-refractivity contribution in [2.45, 2.75) is 12.8 Å². The van der Waals surface area contributed by atoms with Crippen LogP contribution in [0.3, 0.4) is 0 Å². The molecule has 0 unspecified atom stereocenters. The Bertz CT molecular complexity index is 459. The zero-order valence-electron chi connectivity index (χ0n) is 9.74. The van der Waals surface area contributed by atoms with Crippen molar-refractivity contribution in [1.82, 2.24) is 0 Å². The van der Waals surface area contributed by atoms with E-state index in [0.717, 1.165) is 12.1 Å². The Morgan fingerprint density at radius 2 is 2.00 bits per heavy atom. The van der Waals surface area contributed by atoms with Crippen molar-refractivity contribution in [3.63, 3.8) is 0 Å². The number of fused-ring (bicyclic) bond motifs is 1. The maximum Gasteiger partial charge on any atom is 0.381 e. The fraction of sp³-hybridized carbons (Fsp3) is 0.417. The lowest BCUT2D eigenvalue weighted by Gasteiger charge is -2.21. The lowest BCUT2D eigenvalue weighted by molar-refractivity contribution is -0.173. The van der Waals surface area contributed by atoms with Crippen molar-refractivity contribution in [3.8, 4) is 11.5 Å². The van der Waals surface area contributed by atoms with Crippen LogP contribution in [0.5, 0.6) is 11.5 Å². The van der Waals surface area contributed by atoms with Gasteiger partial charge in [0.15, 0.2) is 11.5 Å². The molecular formula is C12H12F2O4. The minimum Gasteiger partial charge on any atom is -0.486 e. The normalized spacial score (nSPS) is 14.2. The van der Waals surface area contributed by atoms with Crippen LogP contribution < -0.4 is 9.47 Å². The Morgan fingerprint density at radius 3 is 2.67 bits per heavy atom. The number of esters is 1. The maximum atomic E-state index is 13.7. The Labute approximate surface area is 102 Å². The average Bonchev–Trinajstić information content (AvgIpc) is 2.38. The topological polar surface area (TPSA) is 44.8 Å². The van der Waals surface area contributed by atoms with Crippen LogP contribution in [0.1, 0.15) is 12.5 Å². The van der Waals surface area contributed by atoms with Crippen molar-refractivity contribution in [1.29, 1.82) is 0 Å². The predicted octanol–water partition coefficient (Wildman–Crippen LogP) is 2.11. The molecule has 0 aliphatic carbocycles. The van der Waals surface area contributed by atoms with Gasteiger partial charge in [0.1, 0.15) is 13.2 Å². The summed E-state index contributed by atoms with van der Waals surface area (Å²) >= 11 is 0. The highest BCUT2D eigenvalue weighted by Crippen LogP contribution is 2.37. The van der Waals surface area contributed by atoms with Gasteiger partial charge in [-0.05, 0) is 25.1 Å². The van der Waals surface area contributed by atoms with E-state index in [0.29, 0.717) is 19.0 Å². The molecule has 0 saturated heterocycles. The zero-order valence-corrected chi connectivity index (χ0v) is 9.74. The SMILES string of the molecule is CCOC(=O)C(F)(F)c1ccc2c(c1)OCCO2. The summed E-state index contributed by atoms with van der Waals surface area (Å²) in [5.74, 6) is -4.65. The number of alkyl halides is 2. The quantitative estimate of drug-likeness (QED) is 0.779. The third-order valence-electron chi connectivity index (χ3n) is 2.44. The van der Waals surface area contributed by atoms with E-state index >= 15 is 0 Å².